The molecule has 0 spiro atoms. The predicted molar refractivity (Wildman–Crippen MR) is 55.9 cm³/mol. The number of fused-ring (bicyclic) bond motifs is 1. The van der Waals surface area contributed by atoms with Gasteiger partial charge in [0.05, 0.1) is 11.0 Å². The molecule has 1 amide bonds. The molecule has 2 rings (SSSR count). The van der Waals surface area contributed by atoms with Gasteiger partial charge in [0.2, 0.25) is 6.41 Å². The molecule has 1 aliphatic carbocycles. The van der Waals surface area contributed by atoms with Crippen LogP contribution in [0, 0.1) is 10.1 Å². The van der Waals surface area contributed by atoms with Gasteiger partial charge in [0.25, 0.3) is 0 Å². The maximum atomic E-state index is 10.6. The molecule has 0 saturated carbocycles. The lowest BCUT2D eigenvalue weighted by Gasteiger charge is -2.20. The number of nitrogens with one attached hydrogen (secondary N) is 1. The van der Waals surface area contributed by atoms with E-state index in [2.05, 4.69) is 5.32 Å². The lowest BCUT2D eigenvalue weighted by molar-refractivity contribution is -0.380. The van der Waals surface area contributed by atoms with Crippen LogP contribution in [0.5, 0.6) is 0 Å². The number of carbonyl (C=O) groups is 1. The highest BCUT2D eigenvalue weighted by molar-refractivity contribution is 7.15. The smallest absolute Gasteiger partial charge is 0.324 e. The van der Waals surface area contributed by atoms with Crippen molar-refractivity contribution in [3.63, 3.8) is 0 Å². The van der Waals surface area contributed by atoms with Crippen LogP contribution in [0.25, 0.3) is 0 Å². The normalized spacial score (nSPS) is 19.3. The molecule has 1 heterocycles. The van der Waals surface area contributed by atoms with Crippen molar-refractivity contribution < 1.29 is 9.72 Å². The van der Waals surface area contributed by atoms with E-state index in [1.54, 1.807) is 6.07 Å². The molecule has 1 atom stereocenters. The Kier molecular flexibility index (Phi) is 2.68. The molecule has 1 N–H and O–H groups in total. The van der Waals surface area contributed by atoms with E-state index in [0.717, 1.165) is 29.7 Å². The van der Waals surface area contributed by atoms with Crippen LogP contribution in [0.3, 0.4) is 0 Å². The quantitative estimate of drug-likeness (QED) is 0.485. The molecule has 0 bridgehead atoms. The summed E-state index contributed by atoms with van der Waals surface area (Å²) in [5.74, 6) is 0. The fourth-order valence-electron chi connectivity index (χ4n) is 1.89. The average Bonchev–Trinajstić information content (AvgIpc) is 2.63. The van der Waals surface area contributed by atoms with Gasteiger partial charge in [-0.1, -0.05) is 11.3 Å². The minimum atomic E-state index is -0.374. The molecule has 0 radical (unpaired) electrons. The molecule has 1 aromatic rings. The number of hydrogen-bond acceptors (Lipinski definition) is 4. The summed E-state index contributed by atoms with van der Waals surface area (Å²) in [6.07, 6.45) is 3.37. The molecule has 80 valence electrons. The third kappa shape index (κ3) is 1.85. The topological polar surface area (TPSA) is 72.2 Å². The molecule has 0 aromatic carbocycles. The second-order valence-electron chi connectivity index (χ2n) is 3.45. The molecule has 5 nitrogen and oxygen atoms in total. The molecule has 1 unspecified atom stereocenters. The predicted octanol–water partition coefficient (Wildman–Crippen LogP) is 1.78. The van der Waals surface area contributed by atoms with Crippen LogP contribution in [-0.2, 0) is 11.2 Å². The number of carbonyl (C=O) groups excluding carboxylic acids is 1. The van der Waals surface area contributed by atoms with Crippen LogP contribution in [0.4, 0.5) is 5.00 Å². The van der Waals surface area contributed by atoms with Gasteiger partial charge in [-0.3, -0.25) is 14.9 Å². The number of amides is 1. The second-order valence-corrected chi connectivity index (χ2v) is 4.56. The summed E-state index contributed by atoms with van der Waals surface area (Å²) in [6.45, 7) is 0. The third-order valence-electron chi connectivity index (χ3n) is 2.55. The minimum absolute atomic E-state index is 0.0452. The molecule has 0 fully saturated rings. The van der Waals surface area contributed by atoms with Gasteiger partial charge in [0, 0.05) is 10.9 Å². The summed E-state index contributed by atoms with van der Waals surface area (Å²) >= 11 is 1.22. The van der Waals surface area contributed by atoms with Gasteiger partial charge in [0.15, 0.2) is 0 Å². The first-order valence-corrected chi connectivity index (χ1v) is 5.50. The fourth-order valence-corrected chi connectivity index (χ4v) is 2.96. The standard InChI is InChI=1S/C9H10N2O3S/c12-5-10-7-2-1-3-8-6(7)4-9(15-8)11(13)14/h4-5,7H,1-3H2,(H,10,12). The van der Waals surface area contributed by atoms with Gasteiger partial charge >= 0.3 is 5.00 Å². The SMILES string of the molecule is O=CNC1CCCc2sc([N+](=O)[O-])cc21. The van der Waals surface area contributed by atoms with Crippen molar-refractivity contribution >= 4 is 22.7 Å². The Morgan fingerprint density at radius 2 is 2.47 bits per heavy atom. The largest absolute Gasteiger partial charge is 0.352 e. The molecular weight excluding hydrogens is 216 g/mol. The van der Waals surface area contributed by atoms with Crippen molar-refractivity contribution in [2.75, 3.05) is 0 Å². The highest BCUT2D eigenvalue weighted by atomic mass is 32.1. The zero-order valence-corrected chi connectivity index (χ0v) is 8.75. The highest BCUT2D eigenvalue weighted by Crippen LogP contribution is 2.38. The van der Waals surface area contributed by atoms with Crippen LogP contribution < -0.4 is 5.32 Å². The van der Waals surface area contributed by atoms with Crippen LogP contribution >= 0.6 is 11.3 Å². The summed E-state index contributed by atoms with van der Waals surface area (Å²) < 4.78 is 0. The fraction of sp³-hybridized carbons (Fsp3) is 0.444. The van der Waals surface area contributed by atoms with Crippen molar-refractivity contribution in [2.24, 2.45) is 0 Å². The highest BCUT2D eigenvalue weighted by Gasteiger charge is 2.25. The Labute approximate surface area is 90.3 Å². The summed E-state index contributed by atoms with van der Waals surface area (Å²) in [4.78, 5) is 21.7. The van der Waals surface area contributed by atoms with Crippen molar-refractivity contribution in [1.29, 1.82) is 0 Å². The first kappa shape index (κ1) is 10.1. The van der Waals surface area contributed by atoms with E-state index in [9.17, 15) is 14.9 Å². The number of nitro groups is 1. The Bertz CT molecular complexity index is 402. The zero-order chi connectivity index (χ0) is 10.8. The number of nitrogens with zero attached hydrogens (tertiary/aromatic N) is 1. The van der Waals surface area contributed by atoms with E-state index < -0.39 is 0 Å². The number of hydrogen-bond donors (Lipinski definition) is 1. The van der Waals surface area contributed by atoms with Crippen molar-refractivity contribution in [3.8, 4) is 0 Å². The van der Waals surface area contributed by atoms with Crippen molar-refractivity contribution in [2.45, 2.75) is 25.3 Å². The van der Waals surface area contributed by atoms with Crippen LogP contribution in [0.15, 0.2) is 6.07 Å². The van der Waals surface area contributed by atoms with Gasteiger partial charge in [-0.25, -0.2) is 0 Å². The average molecular weight is 226 g/mol. The van der Waals surface area contributed by atoms with E-state index in [4.69, 9.17) is 0 Å². The van der Waals surface area contributed by atoms with Gasteiger partial charge in [-0.15, -0.1) is 0 Å². The lowest BCUT2D eigenvalue weighted by Crippen LogP contribution is -2.22. The number of aryl methyl sites for hydroxylation is 1. The number of rotatable bonds is 3. The van der Waals surface area contributed by atoms with Crippen molar-refractivity contribution in [3.05, 3.63) is 26.6 Å². The van der Waals surface area contributed by atoms with Crippen LogP contribution in [0.2, 0.25) is 0 Å². The number of thiophene rings is 1. The zero-order valence-electron chi connectivity index (χ0n) is 7.93. The molecule has 15 heavy (non-hydrogen) atoms. The molecule has 1 aliphatic rings. The Hall–Kier alpha value is -1.43. The Morgan fingerprint density at radius 3 is 3.13 bits per heavy atom. The van der Waals surface area contributed by atoms with E-state index in [1.165, 1.54) is 11.3 Å². The van der Waals surface area contributed by atoms with Gasteiger partial charge in [-0.05, 0) is 24.8 Å². The molecule has 6 heteroatoms. The van der Waals surface area contributed by atoms with Gasteiger partial charge < -0.3 is 5.32 Å². The van der Waals surface area contributed by atoms with Gasteiger partial charge in [0.1, 0.15) is 0 Å². The minimum Gasteiger partial charge on any atom is -0.352 e. The summed E-state index contributed by atoms with van der Waals surface area (Å²) in [5.41, 5.74) is 0.921. The van der Waals surface area contributed by atoms with Crippen molar-refractivity contribution in [1.82, 2.24) is 5.32 Å². The maximum Gasteiger partial charge on any atom is 0.324 e. The third-order valence-corrected chi connectivity index (χ3v) is 3.71. The van der Waals surface area contributed by atoms with Crippen LogP contribution in [0.1, 0.15) is 29.3 Å². The Morgan fingerprint density at radius 1 is 1.67 bits per heavy atom. The van der Waals surface area contributed by atoms with Gasteiger partial charge in [-0.2, -0.15) is 0 Å². The van der Waals surface area contributed by atoms with Crippen LogP contribution in [-0.4, -0.2) is 11.3 Å². The first-order chi connectivity index (χ1) is 7.22. The Balaban J connectivity index is 2.34. The summed E-state index contributed by atoms with van der Waals surface area (Å²) in [5, 5.41) is 13.5. The molecule has 1 aromatic heterocycles. The van der Waals surface area contributed by atoms with E-state index in [-0.39, 0.29) is 16.0 Å². The first-order valence-electron chi connectivity index (χ1n) is 4.69. The summed E-state index contributed by atoms with van der Waals surface area (Å²) in [6, 6.07) is 1.54. The van der Waals surface area contributed by atoms with E-state index in [0.29, 0.717) is 6.41 Å². The molecule has 0 saturated heterocycles. The summed E-state index contributed by atoms with van der Waals surface area (Å²) in [7, 11) is 0. The van der Waals surface area contributed by atoms with E-state index >= 15 is 0 Å². The monoisotopic (exact) mass is 226 g/mol. The molecule has 0 aliphatic heterocycles. The molecular formula is C9H10N2O3S. The second kappa shape index (κ2) is 3.98. The van der Waals surface area contributed by atoms with E-state index in [1.807, 2.05) is 0 Å². The maximum absolute atomic E-state index is 10.6. The lowest BCUT2D eigenvalue weighted by atomic mass is 9.94.